The van der Waals surface area contributed by atoms with E-state index in [1.54, 1.807) is 0 Å². The van der Waals surface area contributed by atoms with Crippen LogP contribution >= 0.6 is 0 Å². The topological polar surface area (TPSA) is 33.5 Å². The Balaban J connectivity index is 0.888. The third-order valence-corrected chi connectivity index (χ3v) is 15.5. The van der Waals surface area contributed by atoms with Crippen LogP contribution in [0.5, 0.6) is 11.5 Å². The molecule has 0 aliphatic carbocycles. The molecular weight excluding hydrogens is 937 g/mol. The number of hydrogen-bond acceptors (Lipinski definition) is 4. The molecule has 0 spiro atoms. The molecule has 0 saturated heterocycles. The summed E-state index contributed by atoms with van der Waals surface area (Å²) in [7, 11) is 0. The van der Waals surface area contributed by atoms with E-state index in [-0.39, 0.29) is 16.2 Å². The first kappa shape index (κ1) is 51.2. The molecule has 5 heteroatoms. The van der Waals surface area contributed by atoms with Crippen molar-refractivity contribution in [3.8, 4) is 50.7 Å². The molecule has 77 heavy (non-hydrogen) atoms. The van der Waals surface area contributed by atoms with Gasteiger partial charge in [0.05, 0.1) is 29.1 Å². The standard InChI is InChI=1S/C72H74N4O/c1-48(2)37-49-33-35-73-69(38-49)76-65-32-27-52(50-19-13-12-14-20-50)43-64(65)63-31-29-61(46-68(63)76)77-60-24-18-23-59(45-60)75-47-74(66-25-15-16-26-67(66)75)36-34-54-40-56(70(3,4)5)28-30-62(54)53-22-17-21-51(39-53)55-41-57(71(6,7)8)44-58(42-55)72(9,10)11/h12-33,35,38-46,48H,34,36-37,47H2,1-11H3. The number of aromatic nitrogens is 2. The van der Waals surface area contributed by atoms with Gasteiger partial charge in [0, 0.05) is 41.3 Å². The van der Waals surface area contributed by atoms with E-state index in [2.05, 4.69) is 279 Å². The quantitative estimate of drug-likeness (QED) is 0.122. The van der Waals surface area contributed by atoms with Crippen LogP contribution in [0, 0.1) is 5.92 Å². The third kappa shape index (κ3) is 10.7. The average molecular weight is 1010 g/mol. The van der Waals surface area contributed by atoms with E-state index in [9.17, 15) is 0 Å². The molecule has 8 aromatic carbocycles. The third-order valence-electron chi connectivity index (χ3n) is 15.5. The fraction of sp³-hybridized carbons (Fsp3) is 0.264. The minimum Gasteiger partial charge on any atom is -0.457 e. The highest BCUT2D eigenvalue weighted by Crippen LogP contribution is 2.44. The molecule has 0 unspecified atom stereocenters. The predicted octanol–water partition coefficient (Wildman–Crippen LogP) is 19.2. The van der Waals surface area contributed by atoms with Gasteiger partial charge in [-0.1, -0.05) is 185 Å². The summed E-state index contributed by atoms with van der Waals surface area (Å²) in [5.74, 6) is 3.01. The molecule has 0 atom stereocenters. The highest BCUT2D eigenvalue weighted by molar-refractivity contribution is 6.10. The molecule has 0 fully saturated rings. The molecule has 5 nitrogen and oxygen atoms in total. The van der Waals surface area contributed by atoms with Crippen LogP contribution in [-0.2, 0) is 29.1 Å². The van der Waals surface area contributed by atoms with E-state index in [4.69, 9.17) is 9.72 Å². The van der Waals surface area contributed by atoms with Crippen LogP contribution in [0.3, 0.4) is 0 Å². The summed E-state index contributed by atoms with van der Waals surface area (Å²) in [4.78, 5) is 9.94. The van der Waals surface area contributed by atoms with Crippen molar-refractivity contribution in [2.75, 3.05) is 23.0 Å². The van der Waals surface area contributed by atoms with Crippen molar-refractivity contribution in [1.82, 2.24) is 9.55 Å². The number of hydrogen-bond donors (Lipinski definition) is 0. The first-order valence-electron chi connectivity index (χ1n) is 27.7. The summed E-state index contributed by atoms with van der Waals surface area (Å²) in [5, 5.41) is 2.34. The van der Waals surface area contributed by atoms with Crippen LogP contribution in [0.4, 0.5) is 17.1 Å². The number of rotatable bonds is 12. The second-order valence-electron chi connectivity index (χ2n) is 24.9. The maximum atomic E-state index is 6.86. The summed E-state index contributed by atoms with van der Waals surface area (Å²) < 4.78 is 9.16. The van der Waals surface area contributed by atoms with Gasteiger partial charge < -0.3 is 14.5 Å². The fourth-order valence-electron chi connectivity index (χ4n) is 11.2. The van der Waals surface area contributed by atoms with Crippen molar-refractivity contribution in [3.63, 3.8) is 0 Å². The second-order valence-corrected chi connectivity index (χ2v) is 24.9. The van der Waals surface area contributed by atoms with Crippen LogP contribution in [0.2, 0.25) is 0 Å². The number of benzene rings is 8. The first-order valence-corrected chi connectivity index (χ1v) is 27.7. The van der Waals surface area contributed by atoms with Gasteiger partial charge in [0.15, 0.2) is 0 Å². The Hall–Kier alpha value is -7.89. The minimum absolute atomic E-state index is 0.0170. The lowest BCUT2D eigenvalue weighted by Gasteiger charge is -2.26. The van der Waals surface area contributed by atoms with Crippen molar-refractivity contribution in [2.24, 2.45) is 5.92 Å². The Labute approximate surface area is 457 Å². The van der Waals surface area contributed by atoms with Crippen molar-refractivity contribution in [2.45, 2.75) is 105 Å². The number of ether oxygens (including phenoxy) is 1. The van der Waals surface area contributed by atoms with E-state index >= 15 is 0 Å². The van der Waals surface area contributed by atoms with Gasteiger partial charge in [-0.05, 0) is 163 Å². The zero-order chi connectivity index (χ0) is 53.8. The summed E-state index contributed by atoms with van der Waals surface area (Å²) in [6, 6.07) is 69.3. The Morgan fingerprint density at radius 2 is 1.17 bits per heavy atom. The van der Waals surface area contributed by atoms with Gasteiger partial charge in [0.1, 0.15) is 17.3 Å². The van der Waals surface area contributed by atoms with Gasteiger partial charge in [-0.25, -0.2) is 4.98 Å². The largest absolute Gasteiger partial charge is 0.457 e. The molecule has 10 aromatic rings. The summed E-state index contributed by atoms with van der Waals surface area (Å²) in [6.45, 7) is 27.0. The Kier molecular flexibility index (Phi) is 13.5. The van der Waals surface area contributed by atoms with Crippen molar-refractivity contribution >= 4 is 38.9 Å². The monoisotopic (exact) mass is 1010 g/mol. The van der Waals surface area contributed by atoms with Crippen LogP contribution < -0.4 is 14.5 Å². The number of fused-ring (bicyclic) bond motifs is 4. The van der Waals surface area contributed by atoms with Gasteiger partial charge >= 0.3 is 0 Å². The van der Waals surface area contributed by atoms with E-state index in [1.165, 1.54) is 78.0 Å². The molecule has 0 amide bonds. The van der Waals surface area contributed by atoms with E-state index in [0.29, 0.717) is 5.92 Å². The smallest absolute Gasteiger partial charge is 0.137 e. The van der Waals surface area contributed by atoms with Crippen molar-refractivity contribution in [1.29, 1.82) is 0 Å². The number of nitrogens with zero attached hydrogens (tertiary/aromatic N) is 4. The highest BCUT2D eigenvalue weighted by Gasteiger charge is 2.28. The minimum atomic E-state index is 0.0170. The lowest BCUT2D eigenvalue weighted by atomic mass is 9.78. The van der Waals surface area contributed by atoms with E-state index in [1.807, 2.05) is 6.20 Å². The van der Waals surface area contributed by atoms with Crippen molar-refractivity contribution < 1.29 is 4.74 Å². The molecule has 388 valence electrons. The molecule has 1 aliphatic heterocycles. The number of para-hydroxylation sites is 2. The van der Waals surface area contributed by atoms with Gasteiger partial charge in [0.2, 0.25) is 0 Å². The SMILES string of the molecule is CC(C)Cc1ccnc(-n2c3ccc(-c4ccccc4)cc3c3ccc(Oc4cccc(N5CN(CCc6cc(C(C)(C)C)ccc6-c6cccc(-c7cc(C(C)(C)C)cc(C(C)(C)C)c7)c6)c6ccccc65)c4)cc32)c1. The maximum absolute atomic E-state index is 6.86. The number of pyridine rings is 1. The molecule has 0 N–H and O–H groups in total. The zero-order valence-corrected chi connectivity index (χ0v) is 47.1. The second kappa shape index (κ2) is 20.2. The first-order chi connectivity index (χ1) is 36.8. The van der Waals surface area contributed by atoms with E-state index in [0.717, 1.165) is 65.5 Å². The Morgan fingerprint density at radius 1 is 0.494 bits per heavy atom. The predicted molar refractivity (Wildman–Crippen MR) is 327 cm³/mol. The van der Waals surface area contributed by atoms with Gasteiger partial charge in [-0.15, -0.1) is 0 Å². The highest BCUT2D eigenvalue weighted by atomic mass is 16.5. The molecule has 11 rings (SSSR count). The molecule has 3 heterocycles. The van der Waals surface area contributed by atoms with Gasteiger partial charge in [0.25, 0.3) is 0 Å². The van der Waals surface area contributed by atoms with Crippen LogP contribution in [-0.4, -0.2) is 22.8 Å². The fourth-order valence-corrected chi connectivity index (χ4v) is 11.2. The molecular formula is C72H74N4O. The maximum Gasteiger partial charge on any atom is 0.137 e. The Morgan fingerprint density at radius 3 is 1.91 bits per heavy atom. The van der Waals surface area contributed by atoms with Crippen LogP contribution in [0.15, 0.2) is 194 Å². The van der Waals surface area contributed by atoms with Crippen LogP contribution in [0.25, 0.3) is 61.0 Å². The summed E-state index contributed by atoms with van der Waals surface area (Å²) in [5.41, 5.74) is 20.0. The molecule has 0 radical (unpaired) electrons. The zero-order valence-electron chi connectivity index (χ0n) is 47.1. The van der Waals surface area contributed by atoms with Gasteiger partial charge in [-0.2, -0.15) is 0 Å². The number of anilines is 3. The summed E-state index contributed by atoms with van der Waals surface area (Å²) >= 11 is 0. The lowest BCUT2D eigenvalue weighted by Crippen LogP contribution is -2.29. The molecule has 0 saturated carbocycles. The van der Waals surface area contributed by atoms with Gasteiger partial charge in [-0.3, -0.25) is 4.57 Å². The van der Waals surface area contributed by atoms with Crippen LogP contribution in [0.1, 0.15) is 104 Å². The normalized spacial score (nSPS) is 13.0. The van der Waals surface area contributed by atoms with Crippen molar-refractivity contribution in [3.05, 3.63) is 222 Å². The average Bonchev–Trinajstić information content (AvgIpc) is 4.04. The van der Waals surface area contributed by atoms with E-state index < -0.39 is 0 Å². The summed E-state index contributed by atoms with van der Waals surface area (Å²) in [6.07, 6.45) is 3.83. The molecule has 0 bridgehead atoms. The lowest BCUT2D eigenvalue weighted by molar-refractivity contribution is 0.483. The molecule has 1 aliphatic rings. The molecule has 2 aromatic heterocycles. The Bertz CT molecular complexity index is 3750.